The van der Waals surface area contributed by atoms with Crippen LogP contribution in [0.15, 0.2) is 54.7 Å². The maximum absolute atomic E-state index is 13.7. The Hall–Kier alpha value is -3.42. The number of para-hydroxylation sites is 1. The minimum atomic E-state index is -0.930. The molecule has 0 saturated carbocycles. The zero-order valence-corrected chi connectivity index (χ0v) is 13.1. The van der Waals surface area contributed by atoms with E-state index in [9.17, 15) is 22.4 Å². The first-order chi connectivity index (χ1) is 12.4. The average Bonchev–Trinajstić information content (AvgIpc) is 2.61. The van der Waals surface area contributed by atoms with Gasteiger partial charge in [0.15, 0.2) is 0 Å². The number of hydrogen-bond acceptors (Lipinski definition) is 3. The average molecular weight is 361 g/mol. The molecular formula is C18H11F4N3O. The van der Waals surface area contributed by atoms with Gasteiger partial charge in [0.25, 0.3) is 5.91 Å². The number of benzene rings is 2. The van der Waals surface area contributed by atoms with Gasteiger partial charge >= 0.3 is 0 Å². The van der Waals surface area contributed by atoms with Crippen molar-refractivity contribution >= 4 is 23.0 Å². The lowest BCUT2D eigenvalue weighted by Gasteiger charge is -2.10. The highest BCUT2D eigenvalue weighted by atomic mass is 19.1. The van der Waals surface area contributed by atoms with E-state index in [0.29, 0.717) is 6.07 Å². The molecule has 3 rings (SSSR count). The lowest BCUT2D eigenvalue weighted by Crippen LogP contribution is -2.16. The number of carbonyl (C=O) groups excluding carboxylic acids is 1. The van der Waals surface area contributed by atoms with Gasteiger partial charge in [0.1, 0.15) is 34.7 Å². The normalized spacial score (nSPS) is 10.5. The monoisotopic (exact) mass is 361 g/mol. The highest BCUT2D eigenvalue weighted by Crippen LogP contribution is 2.22. The Labute approximate surface area is 145 Å². The maximum atomic E-state index is 13.7. The van der Waals surface area contributed by atoms with Gasteiger partial charge < -0.3 is 10.6 Å². The standard InChI is InChI=1S/C18H11F4N3O/c19-10-4-5-15(14(22)8-10)24-11-6-7-23-16(9-11)18(26)25-17-12(20)2-1-3-13(17)21/h1-9H,(H,23,24)(H,25,26). The van der Waals surface area contributed by atoms with E-state index < -0.39 is 34.9 Å². The van der Waals surface area contributed by atoms with Gasteiger partial charge in [-0.1, -0.05) is 6.07 Å². The first kappa shape index (κ1) is 17.4. The van der Waals surface area contributed by atoms with Crippen LogP contribution < -0.4 is 10.6 Å². The third-order valence-electron chi connectivity index (χ3n) is 3.40. The van der Waals surface area contributed by atoms with Crippen LogP contribution in [0.2, 0.25) is 0 Å². The molecule has 3 aromatic rings. The van der Waals surface area contributed by atoms with E-state index in [1.807, 2.05) is 0 Å². The summed E-state index contributed by atoms with van der Waals surface area (Å²) in [5, 5.41) is 4.77. The minimum absolute atomic E-state index is 0.0101. The van der Waals surface area contributed by atoms with Gasteiger partial charge in [-0.3, -0.25) is 9.78 Å². The van der Waals surface area contributed by atoms with E-state index in [1.165, 1.54) is 30.5 Å². The molecule has 4 nitrogen and oxygen atoms in total. The summed E-state index contributed by atoms with van der Waals surface area (Å²) in [6.45, 7) is 0. The predicted octanol–water partition coefficient (Wildman–Crippen LogP) is 4.63. The summed E-state index contributed by atoms with van der Waals surface area (Å²) in [4.78, 5) is 16.0. The summed E-state index contributed by atoms with van der Waals surface area (Å²) in [6, 6.07) is 8.85. The number of anilines is 3. The predicted molar refractivity (Wildman–Crippen MR) is 88.2 cm³/mol. The van der Waals surface area contributed by atoms with Gasteiger partial charge in [-0.2, -0.15) is 0 Å². The van der Waals surface area contributed by atoms with Gasteiger partial charge in [0.05, 0.1) is 5.69 Å². The Morgan fingerprint density at radius 2 is 1.62 bits per heavy atom. The van der Waals surface area contributed by atoms with Crippen molar-refractivity contribution in [3.63, 3.8) is 0 Å². The van der Waals surface area contributed by atoms with Gasteiger partial charge in [0.2, 0.25) is 0 Å². The zero-order chi connectivity index (χ0) is 18.7. The third-order valence-corrected chi connectivity index (χ3v) is 3.40. The highest BCUT2D eigenvalue weighted by Gasteiger charge is 2.15. The summed E-state index contributed by atoms with van der Waals surface area (Å²) in [5.74, 6) is -4.25. The molecule has 26 heavy (non-hydrogen) atoms. The fourth-order valence-electron chi connectivity index (χ4n) is 2.17. The minimum Gasteiger partial charge on any atom is -0.353 e. The second kappa shape index (κ2) is 7.22. The number of hydrogen-bond donors (Lipinski definition) is 2. The molecule has 2 N–H and O–H groups in total. The van der Waals surface area contributed by atoms with Crippen molar-refractivity contribution in [2.75, 3.05) is 10.6 Å². The molecule has 0 aliphatic carbocycles. The summed E-state index contributed by atoms with van der Waals surface area (Å²) in [7, 11) is 0. The maximum Gasteiger partial charge on any atom is 0.274 e. The number of nitrogens with zero attached hydrogens (tertiary/aromatic N) is 1. The molecular weight excluding hydrogens is 350 g/mol. The molecule has 0 bridgehead atoms. The summed E-state index contributed by atoms with van der Waals surface area (Å²) >= 11 is 0. The second-order valence-corrected chi connectivity index (χ2v) is 5.23. The first-order valence-electron chi connectivity index (χ1n) is 7.37. The smallest absolute Gasteiger partial charge is 0.274 e. The SMILES string of the molecule is O=C(Nc1c(F)cccc1F)c1cc(Nc2ccc(F)cc2F)ccn1. The number of aromatic nitrogens is 1. The van der Waals surface area contributed by atoms with Crippen LogP contribution in [-0.2, 0) is 0 Å². The van der Waals surface area contributed by atoms with E-state index in [4.69, 9.17) is 0 Å². The highest BCUT2D eigenvalue weighted by molar-refractivity contribution is 6.03. The molecule has 132 valence electrons. The fourth-order valence-corrected chi connectivity index (χ4v) is 2.17. The van der Waals surface area contributed by atoms with Crippen LogP contribution >= 0.6 is 0 Å². The first-order valence-corrected chi connectivity index (χ1v) is 7.37. The zero-order valence-electron chi connectivity index (χ0n) is 13.1. The topological polar surface area (TPSA) is 54.0 Å². The molecule has 1 aromatic heterocycles. The van der Waals surface area contributed by atoms with E-state index in [1.54, 1.807) is 0 Å². The number of carbonyl (C=O) groups is 1. The van der Waals surface area contributed by atoms with Crippen LogP contribution in [0.3, 0.4) is 0 Å². The molecule has 8 heteroatoms. The van der Waals surface area contributed by atoms with Gasteiger partial charge in [-0.05, 0) is 36.4 Å². The molecule has 0 radical (unpaired) electrons. The van der Waals surface area contributed by atoms with Gasteiger partial charge in [-0.25, -0.2) is 17.6 Å². The fraction of sp³-hybridized carbons (Fsp3) is 0. The number of amides is 1. The second-order valence-electron chi connectivity index (χ2n) is 5.23. The van der Waals surface area contributed by atoms with Crippen molar-refractivity contribution in [1.82, 2.24) is 4.98 Å². The van der Waals surface area contributed by atoms with Crippen LogP contribution in [0.4, 0.5) is 34.6 Å². The van der Waals surface area contributed by atoms with Gasteiger partial charge in [0, 0.05) is 18.0 Å². The third kappa shape index (κ3) is 3.80. The molecule has 0 aliphatic rings. The Morgan fingerprint density at radius 1 is 0.885 bits per heavy atom. The number of rotatable bonds is 4. The van der Waals surface area contributed by atoms with E-state index in [0.717, 1.165) is 18.2 Å². The lowest BCUT2D eigenvalue weighted by atomic mass is 10.2. The Morgan fingerprint density at radius 3 is 2.31 bits per heavy atom. The molecule has 1 amide bonds. The van der Waals surface area contributed by atoms with Crippen molar-refractivity contribution in [1.29, 1.82) is 0 Å². The lowest BCUT2D eigenvalue weighted by molar-refractivity contribution is 0.102. The van der Waals surface area contributed by atoms with Crippen LogP contribution in [-0.4, -0.2) is 10.9 Å². The van der Waals surface area contributed by atoms with Crippen LogP contribution in [0, 0.1) is 23.3 Å². The largest absolute Gasteiger partial charge is 0.353 e. The Balaban J connectivity index is 1.81. The Kier molecular flexibility index (Phi) is 4.83. The molecule has 0 atom stereocenters. The van der Waals surface area contributed by atoms with Crippen molar-refractivity contribution in [3.8, 4) is 0 Å². The summed E-state index contributed by atoms with van der Waals surface area (Å²) in [6.07, 6.45) is 1.26. The Bertz CT molecular complexity index is 958. The van der Waals surface area contributed by atoms with Crippen LogP contribution in [0.25, 0.3) is 0 Å². The molecule has 0 saturated heterocycles. The van der Waals surface area contributed by atoms with Crippen molar-refractivity contribution in [2.45, 2.75) is 0 Å². The number of nitrogens with one attached hydrogen (secondary N) is 2. The van der Waals surface area contributed by atoms with E-state index in [-0.39, 0.29) is 17.1 Å². The number of pyridine rings is 1. The van der Waals surface area contributed by atoms with Gasteiger partial charge in [-0.15, -0.1) is 0 Å². The molecule has 0 unspecified atom stereocenters. The van der Waals surface area contributed by atoms with Crippen LogP contribution in [0.1, 0.15) is 10.5 Å². The van der Waals surface area contributed by atoms with Crippen molar-refractivity contribution in [2.24, 2.45) is 0 Å². The molecule has 0 spiro atoms. The summed E-state index contributed by atoms with van der Waals surface area (Å²) in [5.41, 5.74) is -0.476. The molecule has 0 aliphatic heterocycles. The number of halogens is 4. The van der Waals surface area contributed by atoms with E-state index in [2.05, 4.69) is 15.6 Å². The van der Waals surface area contributed by atoms with E-state index >= 15 is 0 Å². The molecule has 1 heterocycles. The molecule has 2 aromatic carbocycles. The van der Waals surface area contributed by atoms with Crippen molar-refractivity contribution in [3.05, 3.63) is 83.7 Å². The summed E-state index contributed by atoms with van der Waals surface area (Å²) < 4.78 is 53.8. The quantitative estimate of drug-likeness (QED) is 0.666. The molecule has 0 fully saturated rings. The van der Waals surface area contributed by atoms with Crippen molar-refractivity contribution < 1.29 is 22.4 Å². The van der Waals surface area contributed by atoms with Crippen LogP contribution in [0.5, 0.6) is 0 Å².